The number of nitro groups is 1. The molecule has 2 heterocycles. The molecule has 0 spiro atoms. The summed E-state index contributed by atoms with van der Waals surface area (Å²) in [5.74, 6) is 0.837. The molecule has 1 unspecified atom stereocenters. The van der Waals surface area contributed by atoms with E-state index in [2.05, 4.69) is 10.1 Å². The lowest BCUT2D eigenvalue weighted by Gasteiger charge is -2.02. The summed E-state index contributed by atoms with van der Waals surface area (Å²) >= 11 is 0. The topological polar surface area (TPSA) is 91.3 Å². The summed E-state index contributed by atoms with van der Waals surface area (Å²) in [4.78, 5) is 14.3. The number of hydrogen-bond donors (Lipinski definition) is 0. The predicted octanol–water partition coefficient (Wildman–Crippen LogP) is 2.10. The molecule has 96 valence electrons. The second-order valence-electron chi connectivity index (χ2n) is 3.95. The molecule has 0 aliphatic carbocycles. The third-order valence-corrected chi connectivity index (χ3v) is 2.67. The number of ether oxygens (including phenoxy) is 1. The standard InChI is InChI=1S/C12H9N3O4/c16-15(17)10-7-6-9(18-10)12-13-11(14-19-12)8-4-2-1-3-5-8/h1-6,10H,7H2. The maximum atomic E-state index is 10.6. The van der Waals surface area contributed by atoms with Gasteiger partial charge in [-0.1, -0.05) is 35.5 Å². The summed E-state index contributed by atoms with van der Waals surface area (Å²) in [7, 11) is 0. The zero-order valence-corrected chi connectivity index (χ0v) is 9.72. The Morgan fingerprint density at radius 1 is 1.32 bits per heavy atom. The SMILES string of the molecule is O=[N+]([O-])C1CC=C(c2nc(-c3ccccc3)no2)O1. The Hall–Kier alpha value is -2.70. The molecule has 0 amide bonds. The number of rotatable bonds is 3. The van der Waals surface area contributed by atoms with Crippen LogP contribution in [0.3, 0.4) is 0 Å². The Kier molecular flexibility index (Phi) is 2.71. The third-order valence-electron chi connectivity index (χ3n) is 2.67. The Balaban J connectivity index is 1.82. The molecule has 0 fully saturated rings. The van der Waals surface area contributed by atoms with Gasteiger partial charge in [0.25, 0.3) is 5.89 Å². The lowest BCUT2D eigenvalue weighted by Crippen LogP contribution is -2.17. The summed E-state index contributed by atoms with van der Waals surface area (Å²) < 4.78 is 10.2. The van der Waals surface area contributed by atoms with Crippen molar-refractivity contribution in [3.63, 3.8) is 0 Å². The molecular formula is C12H9N3O4. The van der Waals surface area contributed by atoms with E-state index < -0.39 is 11.2 Å². The fraction of sp³-hybridized carbons (Fsp3) is 0.167. The number of hydrogen-bond acceptors (Lipinski definition) is 6. The first kappa shape index (κ1) is 11.4. The van der Waals surface area contributed by atoms with Gasteiger partial charge >= 0.3 is 6.23 Å². The summed E-state index contributed by atoms with van der Waals surface area (Å²) in [5, 5.41) is 14.4. The average molecular weight is 259 g/mol. The fourth-order valence-corrected chi connectivity index (χ4v) is 1.75. The highest BCUT2D eigenvalue weighted by molar-refractivity contribution is 5.58. The van der Waals surface area contributed by atoms with Gasteiger partial charge in [-0.3, -0.25) is 10.1 Å². The maximum absolute atomic E-state index is 10.6. The zero-order chi connectivity index (χ0) is 13.2. The van der Waals surface area contributed by atoms with Crippen LogP contribution in [0, 0.1) is 10.1 Å². The predicted molar refractivity (Wildman–Crippen MR) is 64.2 cm³/mol. The molecule has 0 bridgehead atoms. The van der Waals surface area contributed by atoms with Crippen LogP contribution in [-0.4, -0.2) is 21.3 Å². The molecular weight excluding hydrogens is 250 g/mol. The van der Waals surface area contributed by atoms with E-state index in [1.165, 1.54) is 0 Å². The minimum atomic E-state index is -1.07. The van der Waals surface area contributed by atoms with Gasteiger partial charge in [0.1, 0.15) is 0 Å². The Labute approximate surface area is 107 Å². The van der Waals surface area contributed by atoms with E-state index in [4.69, 9.17) is 9.26 Å². The molecule has 0 saturated carbocycles. The molecule has 1 aromatic carbocycles. The molecule has 7 heteroatoms. The highest BCUT2D eigenvalue weighted by Crippen LogP contribution is 2.26. The van der Waals surface area contributed by atoms with E-state index in [0.29, 0.717) is 5.82 Å². The van der Waals surface area contributed by atoms with Gasteiger partial charge in [-0.15, -0.1) is 0 Å². The minimum Gasteiger partial charge on any atom is -0.424 e. The van der Waals surface area contributed by atoms with Crippen molar-refractivity contribution >= 4 is 5.76 Å². The normalized spacial score (nSPS) is 17.9. The first-order valence-electron chi connectivity index (χ1n) is 5.64. The Bertz CT molecular complexity index is 635. The molecule has 2 aromatic rings. The average Bonchev–Trinajstić information content (AvgIpc) is 3.09. The van der Waals surface area contributed by atoms with Crippen LogP contribution in [0.5, 0.6) is 0 Å². The van der Waals surface area contributed by atoms with Crippen molar-refractivity contribution in [1.29, 1.82) is 0 Å². The molecule has 3 rings (SSSR count). The van der Waals surface area contributed by atoms with Crippen molar-refractivity contribution in [2.45, 2.75) is 12.6 Å². The highest BCUT2D eigenvalue weighted by atomic mass is 16.7. The summed E-state index contributed by atoms with van der Waals surface area (Å²) in [5.41, 5.74) is 0.807. The van der Waals surface area contributed by atoms with Crippen LogP contribution in [0.25, 0.3) is 17.1 Å². The molecule has 1 atom stereocenters. The van der Waals surface area contributed by atoms with E-state index in [-0.39, 0.29) is 18.1 Å². The van der Waals surface area contributed by atoms with E-state index in [1.807, 2.05) is 30.3 Å². The first-order chi connectivity index (χ1) is 9.24. The first-order valence-corrected chi connectivity index (χ1v) is 5.64. The number of nitrogens with zero attached hydrogens (tertiary/aromatic N) is 3. The molecule has 7 nitrogen and oxygen atoms in total. The molecule has 19 heavy (non-hydrogen) atoms. The molecule has 1 aliphatic heterocycles. The van der Waals surface area contributed by atoms with Crippen LogP contribution < -0.4 is 0 Å². The van der Waals surface area contributed by atoms with Crippen LogP contribution in [-0.2, 0) is 4.74 Å². The lowest BCUT2D eigenvalue weighted by molar-refractivity contribution is -0.563. The van der Waals surface area contributed by atoms with Gasteiger partial charge in [0.15, 0.2) is 5.76 Å². The third kappa shape index (κ3) is 2.17. The second-order valence-corrected chi connectivity index (χ2v) is 3.95. The van der Waals surface area contributed by atoms with Gasteiger partial charge in [-0.2, -0.15) is 4.98 Å². The van der Waals surface area contributed by atoms with E-state index >= 15 is 0 Å². The zero-order valence-electron chi connectivity index (χ0n) is 9.72. The molecule has 0 radical (unpaired) electrons. The smallest absolute Gasteiger partial charge is 0.357 e. The van der Waals surface area contributed by atoms with Crippen LogP contribution >= 0.6 is 0 Å². The van der Waals surface area contributed by atoms with Crippen LogP contribution in [0.1, 0.15) is 12.3 Å². The Morgan fingerprint density at radius 2 is 2.11 bits per heavy atom. The van der Waals surface area contributed by atoms with Gasteiger partial charge in [0.05, 0.1) is 11.3 Å². The van der Waals surface area contributed by atoms with Crippen molar-refractivity contribution in [3.8, 4) is 11.4 Å². The highest BCUT2D eigenvalue weighted by Gasteiger charge is 2.31. The Morgan fingerprint density at radius 3 is 2.79 bits per heavy atom. The van der Waals surface area contributed by atoms with Gasteiger partial charge in [-0.05, 0) is 6.08 Å². The van der Waals surface area contributed by atoms with Crippen molar-refractivity contribution < 1.29 is 14.2 Å². The summed E-state index contributed by atoms with van der Waals surface area (Å²) in [6.07, 6.45) is 0.711. The molecule has 0 saturated heterocycles. The quantitative estimate of drug-likeness (QED) is 0.619. The monoisotopic (exact) mass is 259 g/mol. The molecule has 1 aliphatic rings. The van der Waals surface area contributed by atoms with Crippen LogP contribution in [0.2, 0.25) is 0 Å². The molecule has 0 N–H and O–H groups in total. The van der Waals surface area contributed by atoms with Gasteiger partial charge in [0.2, 0.25) is 5.82 Å². The molecule has 1 aromatic heterocycles. The largest absolute Gasteiger partial charge is 0.424 e. The number of aromatic nitrogens is 2. The van der Waals surface area contributed by atoms with Crippen molar-refractivity contribution in [2.24, 2.45) is 0 Å². The minimum absolute atomic E-state index is 0.156. The fourth-order valence-electron chi connectivity index (χ4n) is 1.75. The number of benzene rings is 1. The van der Waals surface area contributed by atoms with E-state index in [1.54, 1.807) is 6.08 Å². The van der Waals surface area contributed by atoms with Gasteiger partial charge in [-0.25, -0.2) is 0 Å². The van der Waals surface area contributed by atoms with Crippen LogP contribution in [0.15, 0.2) is 40.9 Å². The van der Waals surface area contributed by atoms with Gasteiger partial charge < -0.3 is 9.26 Å². The van der Waals surface area contributed by atoms with E-state index in [9.17, 15) is 10.1 Å². The summed E-state index contributed by atoms with van der Waals surface area (Å²) in [6.45, 7) is 0. The summed E-state index contributed by atoms with van der Waals surface area (Å²) in [6, 6.07) is 9.30. The lowest BCUT2D eigenvalue weighted by atomic mass is 10.2. The maximum Gasteiger partial charge on any atom is 0.357 e. The second kappa shape index (κ2) is 4.52. The van der Waals surface area contributed by atoms with Crippen molar-refractivity contribution in [1.82, 2.24) is 10.1 Å². The van der Waals surface area contributed by atoms with Crippen molar-refractivity contribution in [3.05, 3.63) is 52.4 Å². The van der Waals surface area contributed by atoms with Crippen molar-refractivity contribution in [2.75, 3.05) is 0 Å². The van der Waals surface area contributed by atoms with E-state index in [0.717, 1.165) is 5.56 Å². The van der Waals surface area contributed by atoms with Gasteiger partial charge in [0, 0.05) is 5.56 Å². The van der Waals surface area contributed by atoms with Crippen LogP contribution in [0.4, 0.5) is 0 Å².